The number of rotatable bonds is 2. The largest absolute Gasteiger partial charge is 0.372 e. The zero-order valence-electron chi connectivity index (χ0n) is 10.7. The number of nitrogens with one attached hydrogen (secondary N) is 1. The summed E-state index contributed by atoms with van der Waals surface area (Å²) in [5, 5.41) is 2.94. The van der Waals surface area contributed by atoms with Crippen LogP contribution in [-0.4, -0.2) is 48.0 Å². The monoisotopic (exact) mass is 249 g/mol. The van der Waals surface area contributed by atoms with Crippen LogP contribution in [0.3, 0.4) is 0 Å². The minimum atomic E-state index is -0.148. The van der Waals surface area contributed by atoms with Gasteiger partial charge in [0.2, 0.25) is 0 Å². The van der Waals surface area contributed by atoms with E-state index in [1.807, 2.05) is 13.0 Å². The molecule has 2 atom stereocenters. The van der Waals surface area contributed by atoms with Crippen LogP contribution < -0.4 is 16.8 Å². The predicted octanol–water partition coefficient (Wildman–Crippen LogP) is -0.458. The Morgan fingerprint density at radius 1 is 1.39 bits per heavy atom. The van der Waals surface area contributed by atoms with Gasteiger partial charge < -0.3 is 21.7 Å². The van der Waals surface area contributed by atoms with Gasteiger partial charge in [0, 0.05) is 37.9 Å². The fourth-order valence-corrected chi connectivity index (χ4v) is 2.11. The van der Waals surface area contributed by atoms with Crippen molar-refractivity contribution in [2.24, 2.45) is 11.5 Å². The van der Waals surface area contributed by atoms with Crippen molar-refractivity contribution in [3.8, 4) is 0 Å². The normalized spacial score (nSPS) is 23.2. The van der Waals surface area contributed by atoms with Crippen LogP contribution in [0, 0.1) is 6.92 Å². The van der Waals surface area contributed by atoms with Crippen LogP contribution in [0.2, 0.25) is 0 Å². The van der Waals surface area contributed by atoms with E-state index in [0.717, 1.165) is 5.69 Å². The van der Waals surface area contributed by atoms with Crippen molar-refractivity contribution < 1.29 is 4.79 Å². The molecular formula is C12H19N5O. The van der Waals surface area contributed by atoms with Gasteiger partial charge in [-0.1, -0.05) is 0 Å². The number of hydrogen-bond donors (Lipinski definition) is 3. The number of anilines is 1. The molecule has 0 bridgehead atoms. The fraction of sp³-hybridized carbons (Fsp3) is 0.500. The number of aromatic nitrogens is 1. The Morgan fingerprint density at radius 3 is 2.56 bits per heavy atom. The van der Waals surface area contributed by atoms with E-state index in [9.17, 15) is 4.79 Å². The molecule has 0 aromatic carbocycles. The van der Waals surface area contributed by atoms with E-state index in [4.69, 9.17) is 11.5 Å². The van der Waals surface area contributed by atoms with Gasteiger partial charge in [0.1, 0.15) is 5.82 Å². The second-order valence-electron chi connectivity index (χ2n) is 4.64. The second-order valence-corrected chi connectivity index (χ2v) is 4.64. The first-order valence-electron chi connectivity index (χ1n) is 5.98. The maximum Gasteiger partial charge on any atom is 0.257 e. The molecule has 18 heavy (non-hydrogen) atoms. The van der Waals surface area contributed by atoms with Crippen LogP contribution in [0.1, 0.15) is 16.1 Å². The molecule has 1 amide bonds. The van der Waals surface area contributed by atoms with Crippen molar-refractivity contribution in [1.82, 2.24) is 9.88 Å². The summed E-state index contributed by atoms with van der Waals surface area (Å²) in [4.78, 5) is 18.3. The third kappa shape index (κ3) is 2.30. The molecule has 1 fully saturated rings. The summed E-state index contributed by atoms with van der Waals surface area (Å²) in [7, 11) is 1.75. The fourth-order valence-electron chi connectivity index (χ4n) is 2.11. The Balaban J connectivity index is 2.24. The smallest absolute Gasteiger partial charge is 0.257 e. The molecule has 2 heterocycles. The van der Waals surface area contributed by atoms with E-state index in [1.54, 1.807) is 18.0 Å². The molecule has 1 aromatic heterocycles. The Bertz CT molecular complexity index is 452. The van der Waals surface area contributed by atoms with Crippen molar-refractivity contribution in [2.45, 2.75) is 19.0 Å². The van der Waals surface area contributed by atoms with Crippen LogP contribution >= 0.6 is 0 Å². The first-order chi connectivity index (χ1) is 8.52. The number of amides is 1. The number of likely N-dealkylation sites (tertiary alicyclic amines) is 1. The van der Waals surface area contributed by atoms with Crippen LogP contribution in [0.25, 0.3) is 0 Å². The molecule has 6 heteroatoms. The molecule has 2 rings (SSSR count). The topological polar surface area (TPSA) is 97.3 Å². The Morgan fingerprint density at radius 2 is 2.00 bits per heavy atom. The molecular weight excluding hydrogens is 230 g/mol. The minimum absolute atomic E-state index is 0.0738. The Kier molecular flexibility index (Phi) is 3.49. The van der Waals surface area contributed by atoms with Gasteiger partial charge in [0.15, 0.2) is 0 Å². The van der Waals surface area contributed by atoms with Crippen molar-refractivity contribution in [1.29, 1.82) is 0 Å². The van der Waals surface area contributed by atoms with Crippen molar-refractivity contribution in [2.75, 3.05) is 25.5 Å². The summed E-state index contributed by atoms with van der Waals surface area (Å²) < 4.78 is 0. The van der Waals surface area contributed by atoms with Crippen LogP contribution in [0.4, 0.5) is 5.82 Å². The number of hydrogen-bond acceptors (Lipinski definition) is 5. The molecule has 0 spiro atoms. The summed E-state index contributed by atoms with van der Waals surface area (Å²) in [6.45, 7) is 2.88. The highest BCUT2D eigenvalue weighted by atomic mass is 16.2. The van der Waals surface area contributed by atoms with Gasteiger partial charge in [0.05, 0.1) is 5.56 Å². The van der Waals surface area contributed by atoms with E-state index >= 15 is 0 Å². The summed E-state index contributed by atoms with van der Waals surface area (Å²) >= 11 is 0. The Labute approximate surface area is 106 Å². The summed E-state index contributed by atoms with van der Waals surface area (Å²) in [5.41, 5.74) is 13.1. The molecule has 1 aliphatic rings. The molecule has 1 aliphatic heterocycles. The van der Waals surface area contributed by atoms with E-state index in [1.165, 1.54) is 0 Å². The third-order valence-corrected chi connectivity index (χ3v) is 3.20. The average Bonchev–Trinajstić information content (AvgIpc) is 2.68. The first kappa shape index (κ1) is 12.8. The minimum Gasteiger partial charge on any atom is -0.372 e. The van der Waals surface area contributed by atoms with E-state index in [0.29, 0.717) is 24.5 Å². The highest BCUT2D eigenvalue weighted by Gasteiger charge is 2.31. The number of pyridine rings is 1. The number of carbonyl (C=O) groups excluding carboxylic acids is 1. The predicted molar refractivity (Wildman–Crippen MR) is 70.4 cm³/mol. The number of nitrogens with two attached hydrogens (primary N) is 2. The lowest BCUT2D eigenvalue weighted by Crippen LogP contribution is -2.39. The molecule has 5 N–H and O–H groups in total. The summed E-state index contributed by atoms with van der Waals surface area (Å²) in [5.74, 6) is 0.518. The van der Waals surface area contributed by atoms with Crippen LogP contribution in [0.15, 0.2) is 12.1 Å². The molecule has 6 nitrogen and oxygen atoms in total. The van der Waals surface area contributed by atoms with E-state index < -0.39 is 0 Å². The van der Waals surface area contributed by atoms with E-state index in [-0.39, 0.29) is 18.0 Å². The van der Waals surface area contributed by atoms with Gasteiger partial charge in [-0.15, -0.1) is 0 Å². The highest BCUT2D eigenvalue weighted by molar-refractivity contribution is 5.99. The molecule has 0 aliphatic carbocycles. The summed E-state index contributed by atoms with van der Waals surface area (Å²) in [6, 6.07) is 3.31. The number of carbonyl (C=O) groups is 1. The molecule has 0 saturated carbocycles. The zero-order valence-corrected chi connectivity index (χ0v) is 10.7. The molecule has 98 valence electrons. The van der Waals surface area contributed by atoms with Crippen molar-refractivity contribution >= 4 is 11.7 Å². The van der Waals surface area contributed by atoms with Crippen LogP contribution in [0.5, 0.6) is 0 Å². The molecule has 1 saturated heterocycles. The SMILES string of the molecule is CNc1nc(C)ccc1C(=O)N1C[C@@H](N)[C@H](N)C1. The standard InChI is InChI=1S/C12H19N5O/c1-7-3-4-8(11(15-2)16-7)12(18)17-5-9(13)10(14)6-17/h3-4,9-10H,5-6,13-14H2,1-2H3,(H,15,16)/t9-,10-/m1/s1. The lowest BCUT2D eigenvalue weighted by atomic mass is 10.2. The highest BCUT2D eigenvalue weighted by Crippen LogP contribution is 2.18. The third-order valence-electron chi connectivity index (χ3n) is 3.20. The zero-order chi connectivity index (χ0) is 13.3. The van der Waals surface area contributed by atoms with Gasteiger partial charge in [-0.3, -0.25) is 4.79 Å². The van der Waals surface area contributed by atoms with Gasteiger partial charge in [0.25, 0.3) is 5.91 Å². The van der Waals surface area contributed by atoms with Gasteiger partial charge in [-0.05, 0) is 19.1 Å². The molecule has 0 radical (unpaired) electrons. The average molecular weight is 249 g/mol. The van der Waals surface area contributed by atoms with Crippen molar-refractivity contribution in [3.63, 3.8) is 0 Å². The maximum absolute atomic E-state index is 12.4. The number of nitrogens with zero attached hydrogens (tertiary/aromatic N) is 2. The second kappa shape index (κ2) is 4.91. The Hall–Kier alpha value is -1.66. The van der Waals surface area contributed by atoms with E-state index in [2.05, 4.69) is 10.3 Å². The maximum atomic E-state index is 12.4. The first-order valence-corrected chi connectivity index (χ1v) is 5.98. The quantitative estimate of drug-likeness (QED) is 0.659. The van der Waals surface area contributed by atoms with Gasteiger partial charge in [-0.25, -0.2) is 4.98 Å². The molecule has 1 aromatic rings. The van der Waals surface area contributed by atoms with Gasteiger partial charge in [-0.2, -0.15) is 0 Å². The van der Waals surface area contributed by atoms with Crippen LogP contribution in [-0.2, 0) is 0 Å². The van der Waals surface area contributed by atoms with Crippen molar-refractivity contribution in [3.05, 3.63) is 23.4 Å². The molecule has 0 unspecified atom stereocenters. The van der Waals surface area contributed by atoms with Gasteiger partial charge >= 0.3 is 0 Å². The lowest BCUT2D eigenvalue weighted by molar-refractivity contribution is 0.0790. The summed E-state index contributed by atoms with van der Waals surface area (Å²) in [6.07, 6.45) is 0. The number of aryl methyl sites for hydroxylation is 1. The lowest BCUT2D eigenvalue weighted by Gasteiger charge is -2.17.